The van der Waals surface area contributed by atoms with Crippen LogP contribution in [0, 0.1) is 0 Å². The normalized spacial score (nSPS) is 14.6. The van der Waals surface area contributed by atoms with Crippen LogP contribution < -0.4 is 5.32 Å². The van der Waals surface area contributed by atoms with Gasteiger partial charge in [0.15, 0.2) is 0 Å². The van der Waals surface area contributed by atoms with Crippen LogP contribution in [0.4, 0.5) is 0 Å². The number of carbonyl (C=O) groups excluding carboxylic acids is 2. The number of carbonyl (C=O) groups is 2. The van der Waals surface area contributed by atoms with Crippen LogP contribution in [0.15, 0.2) is 85.1 Å². The van der Waals surface area contributed by atoms with E-state index in [9.17, 15) is 19.0 Å². The quantitative estimate of drug-likeness (QED) is 0.0156. The van der Waals surface area contributed by atoms with Crippen molar-refractivity contribution in [2.24, 2.45) is 0 Å². The summed E-state index contributed by atoms with van der Waals surface area (Å²) in [6.45, 7) is 6.70. The number of nitrogens with zero attached hydrogens (tertiary/aromatic N) is 1. The summed E-state index contributed by atoms with van der Waals surface area (Å²) in [4.78, 5) is 37.5. The number of allylic oxidation sites excluding steroid dienone is 13. The number of amides is 1. The maximum Gasteiger partial charge on any atom is 0.472 e. The van der Waals surface area contributed by atoms with Gasteiger partial charge in [-0.3, -0.25) is 18.6 Å². The highest BCUT2D eigenvalue weighted by molar-refractivity contribution is 7.47. The van der Waals surface area contributed by atoms with Crippen molar-refractivity contribution in [1.82, 2.24) is 5.32 Å². The first-order valence-electron chi connectivity index (χ1n) is 27.0. The summed E-state index contributed by atoms with van der Waals surface area (Å²) in [5.41, 5.74) is 0. The molecule has 0 rings (SSSR count). The molecule has 0 aliphatic rings. The molecule has 0 fully saturated rings. The molecular formula is C57H102N2O7P+. The number of nitrogens with one attached hydrogen (secondary N) is 1. The molecule has 0 aromatic heterocycles. The van der Waals surface area contributed by atoms with Gasteiger partial charge in [-0.25, -0.2) is 4.57 Å². The Labute approximate surface area is 412 Å². The summed E-state index contributed by atoms with van der Waals surface area (Å²) in [6.07, 6.45) is 60.0. The number of quaternary nitrogens is 1. The average Bonchev–Trinajstić information content (AvgIpc) is 3.28. The molecule has 3 atom stereocenters. The summed E-state index contributed by atoms with van der Waals surface area (Å²) in [5, 5.41) is 3.02. The number of phosphoric ester groups is 1. The second-order valence-electron chi connectivity index (χ2n) is 19.1. The highest BCUT2D eigenvalue weighted by atomic mass is 31.2. The summed E-state index contributed by atoms with van der Waals surface area (Å²) in [6, 6.07) is -0.866. The number of likely N-dealkylation sites (N-methyl/N-ethyl adjacent to an activating group) is 1. The Morgan fingerprint density at radius 3 is 1.42 bits per heavy atom. The lowest BCUT2D eigenvalue weighted by molar-refractivity contribution is -0.870. The lowest BCUT2D eigenvalue weighted by Crippen LogP contribution is -2.47. The van der Waals surface area contributed by atoms with Gasteiger partial charge in [0.25, 0.3) is 0 Å². The number of esters is 1. The molecule has 2 N–H and O–H groups in total. The zero-order chi connectivity index (χ0) is 49.4. The van der Waals surface area contributed by atoms with Crippen molar-refractivity contribution in [1.29, 1.82) is 0 Å². The summed E-state index contributed by atoms with van der Waals surface area (Å²) in [5.74, 6) is -0.549. The highest BCUT2D eigenvalue weighted by Gasteiger charge is 2.30. The summed E-state index contributed by atoms with van der Waals surface area (Å²) >= 11 is 0. The molecule has 0 aromatic carbocycles. The third kappa shape index (κ3) is 48.0. The molecule has 1 amide bonds. The first kappa shape index (κ1) is 64.2. The lowest BCUT2D eigenvalue weighted by atomic mass is 10.0. The minimum absolute atomic E-state index is 0.0299. The van der Waals surface area contributed by atoms with Gasteiger partial charge in [-0.2, -0.15) is 0 Å². The van der Waals surface area contributed by atoms with E-state index in [1.54, 1.807) is 0 Å². The molecule has 0 radical (unpaired) electrons. The van der Waals surface area contributed by atoms with E-state index in [0.717, 1.165) is 103 Å². The van der Waals surface area contributed by atoms with Crippen LogP contribution in [0.25, 0.3) is 0 Å². The molecule has 0 saturated heterocycles. The summed E-state index contributed by atoms with van der Waals surface area (Å²) in [7, 11) is 1.46. The van der Waals surface area contributed by atoms with Crippen molar-refractivity contribution in [3.05, 3.63) is 85.1 Å². The van der Waals surface area contributed by atoms with E-state index in [0.29, 0.717) is 17.4 Å². The Bertz CT molecular complexity index is 1430. The maximum absolute atomic E-state index is 13.4. The fourth-order valence-corrected chi connectivity index (χ4v) is 8.03. The van der Waals surface area contributed by atoms with Crippen molar-refractivity contribution < 1.29 is 37.3 Å². The smallest absolute Gasteiger partial charge is 0.456 e. The molecule has 3 unspecified atom stereocenters. The molecule has 0 bridgehead atoms. The van der Waals surface area contributed by atoms with Gasteiger partial charge >= 0.3 is 13.8 Å². The van der Waals surface area contributed by atoms with E-state index in [1.165, 1.54) is 77.0 Å². The van der Waals surface area contributed by atoms with Gasteiger partial charge in [-0.05, 0) is 70.3 Å². The van der Waals surface area contributed by atoms with Crippen LogP contribution in [0.2, 0.25) is 0 Å². The Morgan fingerprint density at radius 2 is 0.955 bits per heavy atom. The summed E-state index contributed by atoms with van der Waals surface area (Å²) < 4.78 is 30.5. The predicted molar refractivity (Wildman–Crippen MR) is 286 cm³/mol. The van der Waals surface area contributed by atoms with Crippen molar-refractivity contribution in [3.63, 3.8) is 0 Å². The monoisotopic (exact) mass is 958 g/mol. The Kier molecular flexibility index (Phi) is 44.9. The fraction of sp³-hybridized carbons (Fsp3) is 0.719. The molecule has 0 aliphatic heterocycles. The van der Waals surface area contributed by atoms with Crippen molar-refractivity contribution >= 4 is 19.7 Å². The molecular weight excluding hydrogens is 856 g/mol. The Balaban J connectivity index is 5.47. The van der Waals surface area contributed by atoms with Gasteiger partial charge in [-0.15, -0.1) is 0 Å². The van der Waals surface area contributed by atoms with Gasteiger partial charge in [0.2, 0.25) is 5.91 Å². The van der Waals surface area contributed by atoms with Gasteiger partial charge < -0.3 is 19.4 Å². The van der Waals surface area contributed by atoms with Crippen LogP contribution in [0.5, 0.6) is 0 Å². The van der Waals surface area contributed by atoms with Crippen LogP contribution in [0.1, 0.15) is 213 Å². The number of hydrogen-bond donors (Lipinski definition) is 2. The molecule has 0 spiro atoms. The van der Waals surface area contributed by atoms with E-state index in [2.05, 4.69) is 92.9 Å². The van der Waals surface area contributed by atoms with E-state index in [1.807, 2.05) is 39.4 Å². The molecule has 10 heteroatoms. The maximum atomic E-state index is 13.4. The molecule has 67 heavy (non-hydrogen) atoms. The van der Waals surface area contributed by atoms with Crippen molar-refractivity contribution in [3.8, 4) is 0 Å². The molecule has 0 aliphatic carbocycles. The van der Waals surface area contributed by atoms with Crippen LogP contribution in [0.3, 0.4) is 0 Å². The fourth-order valence-electron chi connectivity index (χ4n) is 7.29. The minimum Gasteiger partial charge on any atom is -0.456 e. The zero-order valence-corrected chi connectivity index (χ0v) is 44.8. The second kappa shape index (κ2) is 46.9. The first-order chi connectivity index (χ1) is 32.4. The number of ether oxygens (including phenoxy) is 1. The zero-order valence-electron chi connectivity index (χ0n) is 43.9. The van der Waals surface area contributed by atoms with E-state index < -0.39 is 20.0 Å². The van der Waals surface area contributed by atoms with Gasteiger partial charge in [0, 0.05) is 12.8 Å². The van der Waals surface area contributed by atoms with Crippen molar-refractivity contribution in [2.45, 2.75) is 226 Å². The Morgan fingerprint density at radius 1 is 0.537 bits per heavy atom. The number of hydrogen-bond acceptors (Lipinski definition) is 6. The van der Waals surface area contributed by atoms with Gasteiger partial charge in [-0.1, -0.05) is 215 Å². The topological polar surface area (TPSA) is 111 Å². The second-order valence-corrected chi connectivity index (χ2v) is 20.6. The third-order valence-electron chi connectivity index (χ3n) is 11.5. The van der Waals surface area contributed by atoms with Gasteiger partial charge in [0.05, 0.1) is 33.8 Å². The standard InChI is InChI=1S/C57H101N2O7P/c1-7-10-13-16-19-22-25-28-29-32-35-38-41-44-47-50-57(61)66-55(48-45-42-39-36-33-30-26-23-20-17-14-11-8-2)54(53-65-67(62,63)64-52-51-59(4,5)6)58-56(60)49-46-43-40-37-34-31-27-24-21-18-15-12-9-3/h10,12-13,15-16,18-19,21-22,24-25,27,45,48,54-55H,7-9,11,14,17,20,23,26,28-44,46-47,49-53H2,1-6H3,(H-,58,60,62,63)/p+1/b13-10+,15-12+,19-16+,21-18+,25-22+,27-24-,48-45+. The molecule has 0 aromatic rings. The number of unbranched alkanes of at least 4 members (excludes halogenated alkanes) is 23. The molecule has 0 saturated carbocycles. The third-order valence-corrected chi connectivity index (χ3v) is 12.4. The molecule has 386 valence electrons. The molecule has 0 heterocycles. The van der Waals surface area contributed by atoms with Crippen LogP contribution in [-0.4, -0.2) is 74.3 Å². The predicted octanol–water partition coefficient (Wildman–Crippen LogP) is 15.9. The van der Waals surface area contributed by atoms with E-state index in [4.69, 9.17) is 13.8 Å². The molecule has 9 nitrogen and oxygen atoms in total. The van der Waals surface area contributed by atoms with Crippen LogP contribution in [-0.2, 0) is 27.9 Å². The van der Waals surface area contributed by atoms with Crippen molar-refractivity contribution in [2.75, 3.05) is 40.9 Å². The lowest BCUT2D eigenvalue weighted by Gasteiger charge is -2.27. The SMILES string of the molecule is CC/C=C/C=C/C=C\CCCCCCCC(=O)NC(COP(=O)(O)OCC[N+](C)(C)C)C(/C=C/CCCCCCCCCCCCC)OC(=O)CCCCCCCCC/C=C/C=C/C=C/CC. The van der Waals surface area contributed by atoms with E-state index >= 15 is 0 Å². The Hall–Kier alpha value is -2.81. The largest absolute Gasteiger partial charge is 0.472 e. The highest BCUT2D eigenvalue weighted by Crippen LogP contribution is 2.43. The number of rotatable bonds is 47. The average molecular weight is 958 g/mol. The van der Waals surface area contributed by atoms with E-state index in [-0.39, 0.29) is 31.5 Å². The number of phosphoric acid groups is 1. The first-order valence-corrected chi connectivity index (χ1v) is 28.5. The van der Waals surface area contributed by atoms with Crippen LogP contribution >= 0.6 is 7.82 Å². The van der Waals surface area contributed by atoms with Gasteiger partial charge in [0.1, 0.15) is 19.3 Å². The minimum atomic E-state index is -4.45.